The predicted octanol–water partition coefficient (Wildman–Crippen LogP) is 2.45. The maximum absolute atomic E-state index is 12.5. The van der Waals surface area contributed by atoms with Crippen LogP contribution in [0.5, 0.6) is 0 Å². The van der Waals surface area contributed by atoms with Gasteiger partial charge in [-0.2, -0.15) is 0 Å². The van der Waals surface area contributed by atoms with Crippen molar-refractivity contribution in [3.8, 4) is 0 Å². The highest BCUT2D eigenvalue weighted by atomic mass is 16.6. The zero-order valence-electron chi connectivity index (χ0n) is 15.3. The lowest BCUT2D eigenvalue weighted by Crippen LogP contribution is -2.50. The highest BCUT2D eigenvalue weighted by Gasteiger charge is 2.25. The summed E-state index contributed by atoms with van der Waals surface area (Å²) in [5, 5.41) is 3.31. The third-order valence-electron chi connectivity index (χ3n) is 4.13. The first kappa shape index (κ1) is 19.0. The lowest BCUT2D eigenvalue weighted by molar-refractivity contribution is 0.0566. The van der Waals surface area contributed by atoms with Gasteiger partial charge in [0, 0.05) is 32.7 Å². The molecule has 7 nitrogen and oxygen atoms in total. The van der Waals surface area contributed by atoms with E-state index in [1.165, 1.54) is 0 Å². The number of carbonyl (C=O) groups is 2. The average Bonchev–Trinajstić information content (AvgIpc) is 2.62. The summed E-state index contributed by atoms with van der Waals surface area (Å²) in [6.45, 7) is 9.36. The quantitative estimate of drug-likeness (QED) is 0.855. The molecule has 1 saturated heterocycles. The number of pyridine rings is 1. The van der Waals surface area contributed by atoms with Crippen molar-refractivity contribution in [1.29, 1.82) is 0 Å². The van der Waals surface area contributed by atoms with Crippen LogP contribution in [-0.2, 0) is 4.74 Å². The molecule has 2 amide bonds. The van der Waals surface area contributed by atoms with E-state index in [-0.39, 0.29) is 12.0 Å². The van der Waals surface area contributed by atoms with E-state index in [1.54, 1.807) is 29.0 Å². The van der Waals surface area contributed by atoms with E-state index in [9.17, 15) is 9.59 Å². The van der Waals surface area contributed by atoms with Gasteiger partial charge < -0.3 is 19.9 Å². The lowest BCUT2D eigenvalue weighted by Gasteiger charge is -2.33. The zero-order chi connectivity index (χ0) is 18.2. The van der Waals surface area contributed by atoms with E-state index < -0.39 is 0 Å². The van der Waals surface area contributed by atoms with Gasteiger partial charge in [-0.05, 0) is 31.4 Å². The van der Waals surface area contributed by atoms with Crippen molar-refractivity contribution >= 4 is 17.7 Å². The van der Waals surface area contributed by atoms with Crippen molar-refractivity contribution in [3.05, 3.63) is 24.0 Å². The second-order valence-electron chi connectivity index (χ2n) is 6.52. The van der Waals surface area contributed by atoms with Gasteiger partial charge in [0.25, 0.3) is 5.91 Å². The van der Waals surface area contributed by atoms with Crippen molar-refractivity contribution in [2.75, 3.05) is 44.6 Å². The molecule has 2 rings (SSSR count). The Morgan fingerprint density at radius 2 is 1.88 bits per heavy atom. The molecule has 1 fully saturated rings. The van der Waals surface area contributed by atoms with Gasteiger partial charge in [-0.25, -0.2) is 9.78 Å². The van der Waals surface area contributed by atoms with Gasteiger partial charge in [-0.1, -0.05) is 13.8 Å². The van der Waals surface area contributed by atoms with Crippen molar-refractivity contribution in [1.82, 2.24) is 14.8 Å². The molecule has 7 heteroatoms. The highest BCUT2D eigenvalue weighted by Crippen LogP contribution is 2.11. The Morgan fingerprint density at radius 3 is 2.44 bits per heavy atom. The van der Waals surface area contributed by atoms with Gasteiger partial charge in [0.15, 0.2) is 0 Å². The SMILES string of the molecule is CCOC(=O)N1CCN(C(=O)c2ccc(NCCC(C)C)cn2)CC1. The first-order chi connectivity index (χ1) is 12.0. The second-order valence-corrected chi connectivity index (χ2v) is 6.52. The molecule has 1 aromatic rings. The number of ether oxygens (including phenoxy) is 1. The summed E-state index contributed by atoms with van der Waals surface area (Å²) in [6.07, 6.45) is 2.47. The number of carbonyl (C=O) groups excluding carboxylic acids is 2. The number of hydrogen-bond donors (Lipinski definition) is 1. The van der Waals surface area contributed by atoms with Crippen LogP contribution in [0.1, 0.15) is 37.7 Å². The summed E-state index contributed by atoms with van der Waals surface area (Å²) in [5.74, 6) is 0.548. The van der Waals surface area contributed by atoms with Crippen molar-refractivity contribution in [2.45, 2.75) is 27.2 Å². The first-order valence-corrected chi connectivity index (χ1v) is 8.92. The van der Waals surface area contributed by atoms with Crippen LogP contribution in [0.3, 0.4) is 0 Å². The molecule has 1 aliphatic heterocycles. The summed E-state index contributed by atoms with van der Waals surface area (Å²) in [4.78, 5) is 31.8. The molecular weight excluding hydrogens is 320 g/mol. The molecule has 2 heterocycles. The Morgan fingerprint density at radius 1 is 1.20 bits per heavy atom. The van der Waals surface area contributed by atoms with Crippen LogP contribution in [-0.4, -0.2) is 66.1 Å². The molecule has 25 heavy (non-hydrogen) atoms. The molecule has 0 unspecified atom stereocenters. The molecular formula is C18H28N4O3. The van der Waals surface area contributed by atoms with Crippen LogP contribution in [0.2, 0.25) is 0 Å². The predicted molar refractivity (Wildman–Crippen MR) is 96.7 cm³/mol. The Kier molecular flexibility index (Phi) is 7.03. The number of amides is 2. The maximum Gasteiger partial charge on any atom is 0.409 e. The topological polar surface area (TPSA) is 74.8 Å². The monoisotopic (exact) mass is 348 g/mol. The summed E-state index contributed by atoms with van der Waals surface area (Å²) >= 11 is 0. The van der Waals surface area contributed by atoms with E-state index in [0.29, 0.717) is 44.4 Å². The molecule has 1 N–H and O–H groups in total. The number of nitrogens with one attached hydrogen (secondary N) is 1. The van der Waals surface area contributed by atoms with Gasteiger partial charge in [0.2, 0.25) is 0 Å². The lowest BCUT2D eigenvalue weighted by atomic mass is 10.1. The second kappa shape index (κ2) is 9.25. The van der Waals surface area contributed by atoms with Gasteiger partial charge in [0.05, 0.1) is 18.5 Å². The van der Waals surface area contributed by atoms with Crippen molar-refractivity contribution in [3.63, 3.8) is 0 Å². The fourth-order valence-corrected chi connectivity index (χ4v) is 2.60. The maximum atomic E-state index is 12.5. The fraction of sp³-hybridized carbons (Fsp3) is 0.611. The average molecular weight is 348 g/mol. The van der Waals surface area contributed by atoms with Gasteiger partial charge >= 0.3 is 6.09 Å². The molecule has 1 aromatic heterocycles. The van der Waals surface area contributed by atoms with Crippen molar-refractivity contribution < 1.29 is 14.3 Å². The van der Waals surface area contributed by atoms with E-state index in [1.807, 2.05) is 6.07 Å². The smallest absolute Gasteiger partial charge is 0.409 e. The van der Waals surface area contributed by atoms with Gasteiger partial charge in [0.1, 0.15) is 5.69 Å². The van der Waals surface area contributed by atoms with Crippen LogP contribution < -0.4 is 5.32 Å². The minimum Gasteiger partial charge on any atom is -0.450 e. The largest absolute Gasteiger partial charge is 0.450 e. The number of anilines is 1. The minimum absolute atomic E-state index is 0.0998. The Labute approximate surface area is 149 Å². The molecule has 0 bridgehead atoms. The van der Waals surface area contributed by atoms with E-state index in [4.69, 9.17) is 4.74 Å². The molecule has 0 radical (unpaired) electrons. The standard InChI is InChI=1S/C18H28N4O3/c1-4-25-18(24)22-11-9-21(10-12-22)17(23)16-6-5-15(13-20-16)19-8-7-14(2)3/h5-6,13-14,19H,4,7-12H2,1-3H3. The molecule has 0 aromatic carbocycles. The van der Waals surface area contributed by atoms with Gasteiger partial charge in [-0.15, -0.1) is 0 Å². The molecule has 0 saturated carbocycles. The fourth-order valence-electron chi connectivity index (χ4n) is 2.60. The molecule has 0 atom stereocenters. The van der Waals surface area contributed by atoms with Crippen LogP contribution >= 0.6 is 0 Å². The van der Waals surface area contributed by atoms with Crippen molar-refractivity contribution in [2.24, 2.45) is 5.92 Å². The highest BCUT2D eigenvalue weighted by molar-refractivity contribution is 5.92. The molecule has 0 spiro atoms. The number of nitrogens with zero attached hydrogens (tertiary/aromatic N) is 3. The number of piperazine rings is 1. The summed E-state index contributed by atoms with van der Waals surface area (Å²) < 4.78 is 4.99. The first-order valence-electron chi connectivity index (χ1n) is 8.92. The Hall–Kier alpha value is -2.31. The van der Waals surface area contributed by atoms with Crippen LogP contribution in [0, 0.1) is 5.92 Å². The van der Waals surface area contributed by atoms with E-state index in [2.05, 4.69) is 24.1 Å². The van der Waals surface area contributed by atoms with Crippen LogP contribution in [0.25, 0.3) is 0 Å². The number of hydrogen-bond acceptors (Lipinski definition) is 5. The molecule has 1 aliphatic rings. The Bertz CT molecular complexity index is 566. The summed E-state index contributed by atoms with van der Waals surface area (Å²) in [7, 11) is 0. The van der Waals surface area contributed by atoms with Crippen LogP contribution in [0.15, 0.2) is 18.3 Å². The molecule has 0 aliphatic carbocycles. The summed E-state index contributed by atoms with van der Waals surface area (Å²) in [6, 6.07) is 3.63. The van der Waals surface area contributed by atoms with E-state index in [0.717, 1.165) is 18.7 Å². The van der Waals surface area contributed by atoms with Crippen LogP contribution in [0.4, 0.5) is 10.5 Å². The van der Waals surface area contributed by atoms with E-state index >= 15 is 0 Å². The Balaban J connectivity index is 1.84. The van der Waals surface area contributed by atoms with Gasteiger partial charge in [-0.3, -0.25) is 4.79 Å². The number of aromatic nitrogens is 1. The number of rotatable bonds is 6. The normalized spacial score (nSPS) is 14.6. The third kappa shape index (κ3) is 5.62. The summed E-state index contributed by atoms with van der Waals surface area (Å²) in [5.41, 5.74) is 1.35. The minimum atomic E-state index is -0.315. The third-order valence-corrected chi connectivity index (χ3v) is 4.13. The molecule has 138 valence electrons. The zero-order valence-corrected chi connectivity index (χ0v) is 15.3.